The summed E-state index contributed by atoms with van der Waals surface area (Å²) in [6.07, 6.45) is -2.18. The molecule has 0 saturated carbocycles. The van der Waals surface area contributed by atoms with Crippen LogP contribution in [-0.2, 0) is 22.3 Å². The van der Waals surface area contributed by atoms with Crippen molar-refractivity contribution < 1.29 is 27.1 Å². The van der Waals surface area contributed by atoms with Crippen molar-refractivity contribution in [1.82, 2.24) is 0 Å². The summed E-state index contributed by atoms with van der Waals surface area (Å²) in [6, 6.07) is 9.49. The molecular weight excluding hydrogens is 385 g/mol. The second-order valence-corrected chi connectivity index (χ2v) is 6.54. The lowest BCUT2D eigenvalue weighted by molar-refractivity contribution is -0.139. The van der Waals surface area contributed by atoms with Crippen LogP contribution in [-0.4, -0.2) is 5.97 Å². The van der Waals surface area contributed by atoms with Gasteiger partial charge >= 0.3 is 17.8 Å². The summed E-state index contributed by atoms with van der Waals surface area (Å²) >= 11 is 0. The molecule has 0 radical (unpaired) electrons. The van der Waals surface area contributed by atoms with Gasteiger partial charge in [-0.15, -0.1) is 0 Å². The molecule has 0 bridgehead atoms. The predicted octanol–water partition coefficient (Wildman–Crippen LogP) is 5.19. The summed E-state index contributed by atoms with van der Waals surface area (Å²) in [7, 11) is 0. The highest BCUT2D eigenvalue weighted by Gasteiger charge is 2.30. The molecule has 1 heterocycles. The van der Waals surface area contributed by atoms with E-state index in [2.05, 4.69) is 0 Å². The maximum absolute atomic E-state index is 12.7. The lowest BCUT2D eigenvalue weighted by Crippen LogP contribution is -2.06. The lowest BCUT2D eigenvalue weighted by atomic mass is 10.0. The zero-order valence-electron chi connectivity index (χ0n) is 15.7. The quantitative estimate of drug-likeness (QED) is 0.343. The zero-order valence-corrected chi connectivity index (χ0v) is 15.7. The van der Waals surface area contributed by atoms with E-state index in [1.54, 1.807) is 6.07 Å². The standard InChI is InChI=1S/C22H17F3O4/c1-13-6-8-18-16(11-20(27)29-21(18)14(13)2)12-28-19(26)9-7-15-4-3-5-17(10-15)22(23,24)25/h3-11H,12H2,1-2H3. The molecule has 0 aliphatic rings. The number of halogens is 3. The van der Waals surface area contributed by atoms with E-state index in [0.29, 0.717) is 16.5 Å². The number of ether oxygens (including phenoxy) is 1. The van der Waals surface area contributed by atoms with E-state index in [1.807, 2.05) is 19.9 Å². The van der Waals surface area contributed by atoms with Crippen LogP contribution in [0.15, 0.2) is 57.8 Å². The van der Waals surface area contributed by atoms with Gasteiger partial charge in [0.2, 0.25) is 0 Å². The molecule has 29 heavy (non-hydrogen) atoms. The number of rotatable bonds is 4. The van der Waals surface area contributed by atoms with Crippen molar-refractivity contribution in [2.75, 3.05) is 0 Å². The van der Waals surface area contributed by atoms with Gasteiger partial charge in [-0.2, -0.15) is 13.2 Å². The van der Waals surface area contributed by atoms with Crippen LogP contribution in [0.4, 0.5) is 13.2 Å². The fraction of sp³-hybridized carbons (Fsp3) is 0.182. The van der Waals surface area contributed by atoms with E-state index in [-0.39, 0.29) is 12.2 Å². The number of fused-ring (bicyclic) bond motifs is 1. The molecule has 0 spiro atoms. The Balaban J connectivity index is 1.76. The molecule has 3 aromatic rings. The summed E-state index contributed by atoms with van der Waals surface area (Å²) in [6.45, 7) is 3.55. The Hall–Kier alpha value is -3.35. The summed E-state index contributed by atoms with van der Waals surface area (Å²) in [5.41, 5.74) is 1.55. The molecule has 150 valence electrons. The molecule has 2 aromatic carbocycles. The Morgan fingerprint density at radius 2 is 1.90 bits per heavy atom. The van der Waals surface area contributed by atoms with E-state index in [1.165, 1.54) is 24.3 Å². The maximum atomic E-state index is 12.7. The van der Waals surface area contributed by atoms with E-state index < -0.39 is 23.3 Å². The van der Waals surface area contributed by atoms with E-state index >= 15 is 0 Å². The second kappa shape index (κ2) is 7.95. The molecule has 0 saturated heterocycles. The first-order valence-corrected chi connectivity index (χ1v) is 8.70. The average molecular weight is 402 g/mol. The third kappa shape index (κ3) is 4.74. The van der Waals surface area contributed by atoms with Crippen LogP contribution in [0.3, 0.4) is 0 Å². The highest BCUT2D eigenvalue weighted by atomic mass is 19.4. The highest BCUT2D eigenvalue weighted by molar-refractivity contribution is 5.88. The van der Waals surface area contributed by atoms with Gasteiger partial charge in [0.05, 0.1) is 5.56 Å². The Morgan fingerprint density at radius 3 is 2.62 bits per heavy atom. The molecule has 7 heteroatoms. The van der Waals surface area contributed by atoms with Gasteiger partial charge in [-0.05, 0) is 48.7 Å². The van der Waals surface area contributed by atoms with Crippen LogP contribution >= 0.6 is 0 Å². The number of carbonyl (C=O) groups excluding carboxylic acids is 1. The molecule has 0 aliphatic carbocycles. The van der Waals surface area contributed by atoms with Crippen LogP contribution in [0.5, 0.6) is 0 Å². The number of carbonyl (C=O) groups is 1. The van der Waals surface area contributed by atoms with Crippen molar-refractivity contribution in [3.05, 3.63) is 86.8 Å². The van der Waals surface area contributed by atoms with Gasteiger partial charge in [-0.1, -0.05) is 24.3 Å². The molecule has 4 nitrogen and oxygen atoms in total. The van der Waals surface area contributed by atoms with Crippen molar-refractivity contribution in [3.63, 3.8) is 0 Å². The van der Waals surface area contributed by atoms with Crippen molar-refractivity contribution in [2.45, 2.75) is 26.6 Å². The van der Waals surface area contributed by atoms with Crippen molar-refractivity contribution in [1.29, 1.82) is 0 Å². The van der Waals surface area contributed by atoms with Gasteiger partial charge in [0.15, 0.2) is 0 Å². The number of esters is 1. The van der Waals surface area contributed by atoms with Crippen LogP contribution < -0.4 is 5.63 Å². The smallest absolute Gasteiger partial charge is 0.416 e. The number of aryl methyl sites for hydroxylation is 2. The Labute approximate surface area is 164 Å². The highest BCUT2D eigenvalue weighted by Crippen LogP contribution is 2.29. The first-order valence-electron chi connectivity index (χ1n) is 8.70. The topological polar surface area (TPSA) is 56.5 Å². The fourth-order valence-corrected chi connectivity index (χ4v) is 2.82. The fourth-order valence-electron chi connectivity index (χ4n) is 2.82. The van der Waals surface area contributed by atoms with Gasteiger partial charge in [0.25, 0.3) is 0 Å². The van der Waals surface area contributed by atoms with Gasteiger partial charge < -0.3 is 9.15 Å². The van der Waals surface area contributed by atoms with Crippen molar-refractivity contribution in [3.8, 4) is 0 Å². The van der Waals surface area contributed by atoms with Crippen LogP contribution in [0.25, 0.3) is 17.0 Å². The van der Waals surface area contributed by atoms with Crippen LogP contribution in [0.2, 0.25) is 0 Å². The van der Waals surface area contributed by atoms with E-state index in [9.17, 15) is 22.8 Å². The predicted molar refractivity (Wildman–Crippen MR) is 102 cm³/mol. The van der Waals surface area contributed by atoms with Gasteiger partial charge in [-0.25, -0.2) is 9.59 Å². The SMILES string of the molecule is Cc1ccc2c(COC(=O)C=Cc3cccc(C(F)(F)F)c3)cc(=O)oc2c1C. The number of alkyl halides is 3. The summed E-state index contributed by atoms with van der Waals surface area (Å²) in [4.78, 5) is 23.8. The number of benzene rings is 2. The number of hydrogen-bond donors (Lipinski definition) is 0. The maximum Gasteiger partial charge on any atom is 0.416 e. The van der Waals surface area contributed by atoms with Crippen LogP contribution in [0, 0.1) is 13.8 Å². The molecule has 0 atom stereocenters. The molecule has 0 fully saturated rings. The zero-order chi connectivity index (χ0) is 21.2. The van der Waals surface area contributed by atoms with E-state index in [4.69, 9.17) is 9.15 Å². The lowest BCUT2D eigenvalue weighted by Gasteiger charge is -2.09. The third-order valence-corrected chi connectivity index (χ3v) is 4.51. The second-order valence-electron chi connectivity index (χ2n) is 6.54. The summed E-state index contributed by atoms with van der Waals surface area (Å²) in [5, 5.41) is 0.655. The molecule has 3 rings (SSSR count). The summed E-state index contributed by atoms with van der Waals surface area (Å²) < 4.78 is 48.6. The minimum Gasteiger partial charge on any atom is -0.458 e. The third-order valence-electron chi connectivity index (χ3n) is 4.51. The Kier molecular flexibility index (Phi) is 5.59. The molecule has 0 amide bonds. The van der Waals surface area contributed by atoms with Crippen LogP contribution in [0.1, 0.15) is 27.8 Å². The molecular formula is C22H17F3O4. The minimum atomic E-state index is -4.46. The summed E-state index contributed by atoms with van der Waals surface area (Å²) in [5.74, 6) is -0.743. The average Bonchev–Trinajstić information content (AvgIpc) is 2.67. The monoisotopic (exact) mass is 402 g/mol. The minimum absolute atomic E-state index is 0.170. The number of hydrogen-bond acceptors (Lipinski definition) is 4. The van der Waals surface area contributed by atoms with E-state index in [0.717, 1.165) is 29.3 Å². The first kappa shape index (κ1) is 20.4. The van der Waals surface area contributed by atoms with Gasteiger partial charge in [0.1, 0.15) is 12.2 Å². The largest absolute Gasteiger partial charge is 0.458 e. The molecule has 0 N–H and O–H groups in total. The van der Waals surface area contributed by atoms with Gasteiger partial charge in [-0.3, -0.25) is 0 Å². The Bertz CT molecular complexity index is 1160. The van der Waals surface area contributed by atoms with Crippen molar-refractivity contribution >= 4 is 23.0 Å². The normalized spacial score (nSPS) is 11.9. The molecule has 0 aliphatic heterocycles. The molecule has 1 aromatic heterocycles. The molecule has 0 unspecified atom stereocenters. The first-order chi connectivity index (χ1) is 13.6. The van der Waals surface area contributed by atoms with Crippen molar-refractivity contribution in [2.24, 2.45) is 0 Å². The van der Waals surface area contributed by atoms with Gasteiger partial charge in [0, 0.05) is 23.1 Å². The Morgan fingerprint density at radius 1 is 1.14 bits per heavy atom.